The highest BCUT2D eigenvalue weighted by Crippen LogP contribution is 2.35. The molecule has 0 rings (SSSR count). The third kappa shape index (κ3) is 9.28. The molecule has 0 aliphatic carbocycles. The molecule has 9 nitrogen and oxygen atoms in total. The number of aliphatic hydroxyl groups excluding tert-OH is 3. The van der Waals surface area contributed by atoms with Crippen LogP contribution in [0.3, 0.4) is 0 Å². The van der Waals surface area contributed by atoms with Gasteiger partial charge in [0.15, 0.2) is 0 Å². The first-order chi connectivity index (χ1) is 9.72. The summed E-state index contributed by atoms with van der Waals surface area (Å²) in [5.74, 6) is 0. The van der Waals surface area contributed by atoms with Crippen molar-refractivity contribution in [2.24, 2.45) is 0 Å². The summed E-state index contributed by atoms with van der Waals surface area (Å²) in [7, 11) is -4.78. The van der Waals surface area contributed by atoms with E-state index in [9.17, 15) is 24.7 Å². The van der Waals surface area contributed by atoms with E-state index in [2.05, 4.69) is 9.84 Å². The quantitative estimate of drug-likeness (QED) is 0.143. The molecule has 0 radical (unpaired) electrons. The summed E-state index contributed by atoms with van der Waals surface area (Å²) in [5.41, 5.74) is 0. The Morgan fingerprint density at radius 3 is 2.29 bits per heavy atom. The van der Waals surface area contributed by atoms with Crippen molar-refractivity contribution in [2.45, 2.75) is 50.5 Å². The Bertz CT molecular complexity index is 336. The fraction of sp³-hybridized carbons (Fsp3) is 0.909. The highest BCUT2D eigenvalue weighted by atomic mass is 31.2. The number of nitrogens with one attached hydrogen (secondary N) is 1. The number of aldehydes is 1. The summed E-state index contributed by atoms with van der Waals surface area (Å²) in [6.45, 7) is 1.59. The third-order valence-electron chi connectivity index (χ3n) is 2.83. The molecule has 0 aliphatic rings. The average Bonchev–Trinajstić information content (AvgIpc) is 2.42. The Balaban J connectivity index is 4.32. The van der Waals surface area contributed by atoms with Gasteiger partial charge in [-0.2, -0.15) is 0 Å². The van der Waals surface area contributed by atoms with Crippen LogP contribution in [-0.2, 0) is 13.9 Å². The third-order valence-corrected chi connectivity index (χ3v) is 3.32. The van der Waals surface area contributed by atoms with Gasteiger partial charge in [0, 0.05) is 0 Å². The average molecular weight is 329 g/mol. The lowest BCUT2D eigenvalue weighted by atomic mass is 10.0. The van der Waals surface area contributed by atoms with E-state index in [4.69, 9.17) is 9.79 Å². The number of phosphoric acid groups is 1. The van der Waals surface area contributed by atoms with E-state index in [1.54, 1.807) is 0 Å². The topological polar surface area (TPSA) is 157 Å². The van der Waals surface area contributed by atoms with Crippen LogP contribution in [0.15, 0.2) is 0 Å². The highest BCUT2D eigenvalue weighted by molar-refractivity contribution is 7.46. The maximum atomic E-state index is 10.9. The standard InChI is InChI=1S/C11H24NO8P/c1-2-3-4-5-12-8(6-13)10(15)11(16)9(14)7-20-21(17,18)19/h6,8-12,14-16H,2-5,7H2,1H3,(H2,17,18,19)/t8-,9-,10-,11-/m1/s1. The van der Waals surface area contributed by atoms with Crippen LogP contribution < -0.4 is 5.32 Å². The molecule has 0 aliphatic heterocycles. The molecule has 0 saturated heterocycles. The lowest BCUT2D eigenvalue weighted by Crippen LogP contribution is -2.52. The predicted octanol–water partition coefficient (Wildman–Crippen LogP) is -1.47. The van der Waals surface area contributed by atoms with Crippen LogP contribution in [-0.4, -0.2) is 68.9 Å². The van der Waals surface area contributed by atoms with Crippen molar-refractivity contribution in [3.8, 4) is 0 Å². The van der Waals surface area contributed by atoms with Crippen LogP contribution in [0.5, 0.6) is 0 Å². The van der Waals surface area contributed by atoms with Crippen LogP contribution in [0.25, 0.3) is 0 Å². The lowest BCUT2D eigenvalue weighted by molar-refractivity contribution is -0.120. The van der Waals surface area contributed by atoms with Crippen molar-refractivity contribution >= 4 is 14.1 Å². The van der Waals surface area contributed by atoms with Crippen LogP contribution in [0.1, 0.15) is 26.2 Å². The second-order valence-corrected chi connectivity index (χ2v) is 5.90. The van der Waals surface area contributed by atoms with Gasteiger partial charge in [-0.1, -0.05) is 19.8 Å². The number of hydrogen-bond donors (Lipinski definition) is 6. The van der Waals surface area contributed by atoms with Crippen molar-refractivity contribution in [1.29, 1.82) is 0 Å². The molecule has 0 aromatic carbocycles. The van der Waals surface area contributed by atoms with Gasteiger partial charge in [0.1, 0.15) is 24.6 Å². The van der Waals surface area contributed by atoms with Crippen LogP contribution in [0, 0.1) is 0 Å². The Labute approximate surface area is 123 Å². The zero-order valence-electron chi connectivity index (χ0n) is 11.8. The maximum Gasteiger partial charge on any atom is 0.469 e. The van der Waals surface area contributed by atoms with Gasteiger partial charge in [-0.15, -0.1) is 0 Å². The number of carbonyl (C=O) groups excluding carboxylic acids is 1. The molecular formula is C11H24NO8P. The van der Waals surface area contributed by atoms with Crippen molar-refractivity contribution in [1.82, 2.24) is 5.32 Å². The molecule has 0 aromatic rings. The first kappa shape index (κ1) is 20.6. The number of unbranched alkanes of at least 4 members (excludes halogenated alkanes) is 2. The Morgan fingerprint density at radius 2 is 1.81 bits per heavy atom. The first-order valence-corrected chi connectivity index (χ1v) is 8.19. The first-order valence-electron chi connectivity index (χ1n) is 6.66. The molecule has 0 spiro atoms. The van der Waals surface area contributed by atoms with E-state index in [0.29, 0.717) is 12.8 Å². The highest BCUT2D eigenvalue weighted by Gasteiger charge is 2.32. The summed E-state index contributed by atoms with van der Waals surface area (Å²) in [6.07, 6.45) is -2.05. The van der Waals surface area contributed by atoms with E-state index >= 15 is 0 Å². The van der Waals surface area contributed by atoms with Crippen molar-refractivity contribution in [3.63, 3.8) is 0 Å². The Morgan fingerprint density at radius 1 is 1.19 bits per heavy atom. The molecule has 0 unspecified atom stereocenters. The van der Waals surface area contributed by atoms with E-state index in [1.165, 1.54) is 0 Å². The summed E-state index contributed by atoms with van der Waals surface area (Å²) in [5, 5.41) is 31.6. The summed E-state index contributed by atoms with van der Waals surface area (Å²) in [4.78, 5) is 27.8. The Hall–Kier alpha value is -0.380. The molecule has 0 amide bonds. The lowest BCUT2D eigenvalue weighted by Gasteiger charge is -2.27. The smallest absolute Gasteiger partial charge is 0.388 e. The van der Waals surface area contributed by atoms with Gasteiger partial charge >= 0.3 is 7.82 Å². The minimum Gasteiger partial charge on any atom is -0.388 e. The number of rotatable bonds is 12. The molecular weight excluding hydrogens is 305 g/mol. The molecule has 6 N–H and O–H groups in total. The summed E-state index contributed by atoms with van der Waals surface area (Å²) >= 11 is 0. The molecule has 0 saturated carbocycles. The predicted molar refractivity (Wildman–Crippen MR) is 73.4 cm³/mol. The molecule has 0 heterocycles. The van der Waals surface area contributed by atoms with Crippen molar-refractivity contribution in [2.75, 3.05) is 13.2 Å². The molecule has 0 bridgehead atoms. The van der Waals surface area contributed by atoms with Gasteiger partial charge < -0.3 is 35.2 Å². The minimum absolute atomic E-state index is 0.399. The van der Waals surface area contributed by atoms with Gasteiger partial charge in [0.25, 0.3) is 0 Å². The Kier molecular flexibility index (Phi) is 10.2. The molecule has 126 valence electrons. The molecule has 0 aromatic heterocycles. The second kappa shape index (κ2) is 10.4. The molecule has 10 heteroatoms. The van der Waals surface area contributed by atoms with Gasteiger partial charge in [0.05, 0.1) is 12.6 Å². The monoisotopic (exact) mass is 329 g/mol. The van der Waals surface area contributed by atoms with Crippen molar-refractivity contribution in [3.05, 3.63) is 0 Å². The van der Waals surface area contributed by atoms with E-state index < -0.39 is 38.8 Å². The number of carbonyl (C=O) groups is 1. The van der Waals surface area contributed by atoms with E-state index in [1.807, 2.05) is 6.92 Å². The minimum atomic E-state index is -4.78. The van der Waals surface area contributed by atoms with Crippen LogP contribution in [0.4, 0.5) is 0 Å². The van der Waals surface area contributed by atoms with Gasteiger partial charge in [-0.05, 0) is 13.0 Å². The van der Waals surface area contributed by atoms with Crippen LogP contribution >= 0.6 is 7.82 Å². The van der Waals surface area contributed by atoms with Gasteiger partial charge in [0.2, 0.25) is 0 Å². The van der Waals surface area contributed by atoms with Crippen molar-refractivity contribution < 1.29 is 39.0 Å². The van der Waals surface area contributed by atoms with E-state index in [-0.39, 0.29) is 0 Å². The largest absolute Gasteiger partial charge is 0.469 e. The summed E-state index contributed by atoms with van der Waals surface area (Å²) < 4.78 is 14.5. The fourth-order valence-corrected chi connectivity index (χ4v) is 1.95. The van der Waals surface area contributed by atoms with Gasteiger partial charge in [-0.3, -0.25) is 4.52 Å². The maximum absolute atomic E-state index is 10.9. The molecule has 4 atom stereocenters. The number of aliphatic hydroxyl groups is 3. The zero-order chi connectivity index (χ0) is 16.5. The SMILES string of the molecule is CCCCCN[C@H](C=O)[C@@H](O)[C@H](O)[C@H](O)COP(=O)(O)O. The zero-order valence-corrected chi connectivity index (χ0v) is 12.7. The second-order valence-electron chi connectivity index (χ2n) is 4.66. The number of hydrogen-bond acceptors (Lipinski definition) is 7. The normalized spacial score (nSPS) is 18.0. The molecule has 0 fully saturated rings. The van der Waals surface area contributed by atoms with Gasteiger partial charge in [-0.25, -0.2) is 4.57 Å². The summed E-state index contributed by atoms with van der Waals surface area (Å²) in [6, 6.07) is -1.10. The fourth-order valence-electron chi connectivity index (χ4n) is 1.61. The molecule has 21 heavy (non-hydrogen) atoms. The number of phosphoric ester groups is 1. The van der Waals surface area contributed by atoms with E-state index in [0.717, 1.165) is 19.3 Å². The van der Waals surface area contributed by atoms with Crippen LogP contribution in [0.2, 0.25) is 0 Å².